The summed E-state index contributed by atoms with van der Waals surface area (Å²) in [7, 11) is 1.53. The van der Waals surface area contributed by atoms with Crippen molar-refractivity contribution in [3.8, 4) is 5.75 Å². The third-order valence-electron chi connectivity index (χ3n) is 2.99. The van der Waals surface area contributed by atoms with Gasteiger partial charge in [-0.25, -0.2) is 0 Å². The summed E-state index contributed by atoms with van der Waals surface area (Å²) in [6, 6.07) is 6.68. The van der Waals surface area contributed by atoms with Crippen LogP contribution in [0.3, 0.4) is 0 Å². The van der Waals surface area contributed by atoms with E-state index in [0.29, 0.717) is 11.4 Å². The van der Waals surface area contributed by atoms with Gasteiger partial charge in [0.1, 0.15) is 5.75 Å². The van der Waals surface area contributed by atoms with Crippen molar-refractivity contribution in [1.29, 1.82) is 0 Å². The average molecular weight is 336 g/mol. The largest absolute Gasteiger partial charge is 0.497 e. The van der Waals surface area contributed by atoms with Crippen molar-refractivity contribution in [2.45, 2.75) is 12.8 Å². The minimum atomic E-state index is -0.771. The molecule has 0 saturated carbocycles. The van der Waals surface area contributed by atoms with Crippen LogP contribution in [0.25, 0.3) is 0 Å². The van der Waals surface area contributed by atoms with Gasteiger partial charge in [-0.05, 0) is 24.3 Å². The van der Waals surface area contributed by atoms with Crippen molar-refractivity contribution in [1.82, 2.24) is 4.90 Å². The molecule has 0 radical (unpaired) electrons. The summed E-state index contributed by atoms with van der Waals surface area (Å²) >= 11 is 0. The van der Waals surface area contributed by atoms with Gasteiger partial charge in [-0.2, -0.15) is 0 Å². The molecule has 0 unspecified atom stereocenters. The predicted octanol–water partition coefficient (Wildman–Crippen LogP) is -0.787. The Balaban J connectivity index is 2.52. The van der Waals surface area contributed by atoms with E-state index in [-0.39, 0.29) is 18.7 Å². The first-order valence-corrected chi connectivity index (χ1v) is 7.10. The number of ether oxygens (including phenoxy) is 1. The lowest BCUT2D eigenvalue weighted by Gasteiger charge is -2.19. The molecule has 5 N–H and O–H groups in total. The molecule has 0 fully saturated rings. The Hall–Kier alpha value is -3.10. The Morgan fingerprint density at radius 3 is 2.00 bits per heavy atom. The summed E-state index contributed by atoms with van der Waals surface area (Å²) in [5, 5.41) is 2.62. The molecule has 0 aliphatic carbocycles. The lowest BCUT2D eigenvalue weighted by Crippen LogP contribution is -2.43. The second-order valence-corrected chi connectivity index (χ2v) is 4.96. The van der Waals surface area contributed by atoms with Crippen molar-refractivity contribution in [3.63, 3.8) is 0 Å². The third-order valence-corrected chi connectivity index (χ3v) is 2.99. The number of anilines is 1. The Morgan fingerprint density at radius 2 is 1.54 bits per heavy atom. The summed E-state index contributed by atoms with van der Waals surface area (Å²) in [6.45, 7) is -0.857. The van der Waals surface area contributed by atoms with Gasteiger partial charge in [0.15, 0.2) is 0 Å². The van der Waals surface area contributed by atoms with Gasteiger partial charge in [0, 0.05) is 18.5 Å². The van der Waals surface area contributed by atoms with Crippen molar-refractivity contribution >= 4 is 29.3 Å². The summed E-state index contributed by atoms with van der Waals surface area (Å²) < 4.78 is 5.00. The summed E-state index contributed by atoms with van der Waals surface area (Å²) in [4.78, 5) is 46.6. The molecule has 0 aliphatic heterocycles. The molecule has 1 rings (SSSR count). The molecule has 130 valence electrons. The number of benzene rings is 1. The number of hydrogen-bond donors (Lipinski definition) is 3. The number of nitrogens with one attached hydrogen (secondary N) is 1. The molecule has 9 heteroatoms. The van der Waals surface area contributed by atoms with Crippen LogP contribution in [0.2, 0.25) is 0 Å². The third kappa shape index (κ3) is 6.77. The number of primary amides is 2. The molecule has 1 aromatic rings. The Labute approximate surface area is 138 Å². The zero-order valence-corrected chi connectivity index (χ0v) is 13.3. The maximum atomic E-state index is 12.0. The first kappa shape index (κ1) is 18.9. The van der Waals surface area contributed by atoms with Crippen molar-refractivity contribution in [2.75, 3.05) is 25.5 Å². The van der Waals surface area contributed by atoms with Crippen molar-refractivity contribution in [2.24, 2.45) is 11.5 Å². The highest BCUT2D eigenvalue weighted by Gasteiger charge is 2.18. The molecule has 24 heavy (non-hydrogen) atoms. The topological polar surface area (TPSA) is 145 Å². The molecule has 0 saturated heterocycles. The van der Waals surface area contributed by atoms with Crippen LogP contribution in [-0.4, -0.2) is 48.7 Å². The second-order valence-electron chi connectivity index (χ2n) is 4.96. The zero-order chi connectivity index (χ0) is 18.1. The maximum absolute atomic E-state index is 12.0. The Kier molecular flexibility index (Phi) is 7.21. The fourth-order valence-corrected chi connectivity index (χ4v) is 1.88. The highest BCUT2D eigenvalue weighted by atomic mass is 16.5. The number of hydrogen-bond acceptors (Lipinski definition) is 5. The van der Waals surface area contributed by atoms with Crippen LogP contribution in [0.15, 0.2) is 24.3 Å². The number of nitrogens with zero attached hydrogens (tertiary/aromatic N) is 1. The van der Waals surface area contributed by atoms with Gasteiger partial charge in [-0.1, -0.05) is 0 Å². The standard InChI is InChI=1S/C15H20N4O5/c1-24-11-4-2-10(3-5-11)18-14(22)6-7-15(23)19(8-12(16)20)9-13(17)21/h2-5H,6-9H2,1H3,(H2,16,20)(H2,17,21)(H,18,22). The minimum absolute atomic E-state index is 0.112. The van der Waals surface area contributed by atoms with Gasteiger partial charge in [0.25, 0.3) is 0 Å². The van der Waals surface area contributed by atoms with E-state index in [1.807, 2.05) is 0 Å². The number of amides is 4. The van der Waals surface area contributed by atoms with Gasteiger partial charge in [-0.3, -0.25) is 19.2 Å². The van der Waals surface area contributed by atoms with E-state index >= 15 is 0 Å². The lowest BCUT2D eigenvalue weighted by atomic mass is 10.2. The zero-order valence-electron chi connectivity index (χ0n) is 13.3. The summed E-state index contributed by atoms with van der Waals surface area (Å²) in [5.74, 6) is -1.83. The number of methoxy groups -OCH3 is 1. The molecule has 0 heterocycles. The minimum Gasteiger partial charge on any atom is -0.497 e. The van der Waals surface area contributed by atoms with Crippen LogP contribution >= 0.6 is 0 Å². The number of carbonyl (C=O) groups excluding carboxylic acids is 4. The van der Waals surface area contributed by atoms with Crippen LogP contribution < -0.4 is 21.5 Å². The van der Waals surface area contributed by atoms with Gasteiger partial charge in [0.2, 0.25) is 23.6 Å². The molecular weight excluding hydrogens is 316 g/mol. The molecule has 4 amide bonds. The van der Waals surface area contributed by atoms with Crippen molar-refractivity contribution in [3.05, 3.63) is 24.3 Å². The SMILES string of the molecule is COc1ccc(NC(=O)CCC(=O)N(CC(N)=O)CC(N)=O)cc1. The number of carbonyl (C=O) groups is 4. The summed E-state index contributed by atoms with van der Waals surface area (Å²) in [5.41, 5.74) is 10.6. The van der Waals surface area contributed by atoms with Crippen molar-refractivity contribution < 1.29 is 23.9 Å². The van der Waals surface area contributed by atoms with E-state index < -0.39 is 30.8 Å². The molecule has 0 aromatic heterocycles. The van der Waals surface area contributed by atoms with Gasteiger partial charge < -0.3 is 26.4 Å². The smallest absolute Gasteiger partial charge is 0.237 e. The van der Waals surface area contributed by atoms with Crippen LogP contribution in [0.4, 0.5) is 5.69 Å². The van der Waals surface area contributed by atoms with Crippen LogP contribution in [0.1, 0.15) is 12.8 Å². The molecule has 0 aliphatic rings. The van der Waals surface area contributed by atoms with Crippen LogP contribution in [-0.2, 0) is 19.2 Å². The number of nitrogens with two attached hydrogens (primary N) is 2. The molecule has 9 nitrogen and oxygen atoms in total. The van der Waals surface area contributed by atoms with Gasteiger partial charge >= 0.3 is 0 Å². The highest BCUT2D eigenvalue weighted by molar-refractivity contribution is 5.94. The normalized spacial score (nSPS) is 9.88. The van der Waals surface area contributed by atoms with Gasteiger partial charge in [-0.15, -0.1) is 0 Å². The molecule has 1 aromatic carbocycles. The van der Waals surface area contributed by atoms with Crippen LogP contribution in [0, 0.1) is 0 Å². The van der Waals surface area contributed by atoms with E-state index in [0.717, 1.165) is 4.90 Å². The molecular formula is C15H20N4O5. The summed E-state index contributed by atoms with van der Waals surface area (Å²) in [6.07, 6.45) is -0.290. The molecule has 0 bridgehead atoms. The van der Waals surface area contributed by atoms with E-state index in [2.05, 4.69) is 5.32 Å². The second kappa shape index (κ2) is 9.13. The number of rotatable bonds is 9. The average Bonchev–Trinajstić information content (AvgIpc) is 2.51. The van der Waals surface area contributed by atoms with E-state index in [9.17, 15) is 19.2 Å². The maximum Gasteiger partial charge on any atom is 0.237 e. The fourth-order valence-electron chi connectivity index (χ4n) is 1.88. The monoisotopic (exact) mass is 336 g/mol. The Morgan fingerprint density at radius 1 is 1.00 bits per heavy atom. The fraction of sp³-hybridized carbons (Fsp3) is 0.333. The highest BCUT2D eigenvalue weighted by Crippen LogP contribution is 2.15. The van der Waals surface area contributed by atoms with E-state index in [1.165, 1.54) is 7.11 Å². The predicted molar refractivity (Wildman–Crippen MR) is 85.8 cm³/mol. The van der Waals surface area contributed by atoms with E-state index in [4.69, 9.17) is 16.2 Å². The Bertz CT molecular complexity index is 599. The first-order valence-electron chi connectivity index (χ1n) is 7.10. The quantitative estimate of drug-likeness (QED) is 0.541. The first-order chi connectivity index (χ1) is 11.3. The lowest BCUT2D eigenvalue weighted by molar-refractivity contribution is -0.138. The van der Waals surface area contributed by atoms with E-state index in [1.54, 1.807) is 24.3 Å². The molecule has 0 spiro atoms. The van der Waals surface area contributed by atoms with Gasteiger partial charge in [0.05, 0.1) is 20.2 Å². The molecule has 0 atom stereocenters. The van der Waals surface area contributed by atoms with Crippen LogP contribution in [0.5, 0.6) is 5.75 Å².